The Morgan fingerprint density at radius 3 is 2.38 bits per heavy atom. The number of benzene rings is 1. The molecule has 0 spiro atoms. The van der Waals surface area contributed by atoms with Crippen molar-refractivity contribution in [1.82, 2.24) is 0 Å². The van der Waals surface area contributed by atoms with Gasteiger partial charge in [-0.3, -0.25) is 0 Å². The molecule has 0 radical (unpaired) electrons. The van der Waals surface area contributed by atoms with Crippen LogP contribution in [-0.2, 0) is 11.2 Å². The number of rotatable bonds is 5. The monoisotopic (exact) mass is 292 g/mol. The molecule has 116 valence electrons. The Balaban J connectivity index is 1.76. The molecule has 1 aromatic carbocycles. The van der Waals surface area contributed by atoms with Gasteiger partial charge in [-0.15, -0.1) is 0 Å². The predicted molar refractivity (Wildman–Crippen MR) is 80.4 cm³/mol. The molecule has 21 heavy (non-hydrogen) atoms. The van der Waals surface area contributed by atoms with Gasteiger partial charge in [0.1, 0.15) is 0 Å². The maximum Gasteiger partial charge on any atom is 0.203 e. The van der Waals surface area contributed by atoms with Crippen molar-refractivity contribution >= 4 is 0 Å². The van der Waals surface area contributed by atoms with Gasteiger partial charge in [-0.05, 0) is 55.2 Å². The molecule has 0 bridgehead atoms. The summed E-state index contributed by atoms with van der Waals surface area (Å²) >= 11 is 0. The Labute approximate surface area is 126 Å². The molecule has 1 saturated heterocycles. The van der Waals surface area contributed by atoms with E-state index < -0.39 is 0 Å². The molecule has 3 atom stereocenters. The number of hydrogen-bond acceptors (Lipinski definition) is 4. The van der Waals surface area contributed by atoms with Gasteiger partial charge in [0.2, 0.25) is 5.75 Å². The zero-order valence-electron chi connectivity index (χ0n) is 13.1. The van der Waals surface area contributed by atoms with Crippen LogP contribution in [0.1, 0.15) is 24.8 Å². The zero-order chi connectivity index (χ0) is 14.8. The van der Waals surface area contributed by atoms with Gasteiger partial charge in [0.15, 0.2) is 11.5 Å². The molecule has 4 nitrogen and oxygen atoms in total. The lowest BCUT2D eigenvalue weighted by molar-refractivity contribution is -0.126. The van der Waals surface area contributed by atoms with Crippen LogP contribution in [0.5, 0.6) is 17.2 Å². The SMILES string of the molecule is COc1cc(CC2C[C@H]3CCCO[C@@H]23)cc(OC)c1OC. The third-order valence-electron chi connectivity index (χ3n) is 4.79. The van der Waals surface area contributed by atoms with Gasteiger partial charge >= 0.3 is 0 Å². The summed E-state index contributed by atoms with van der Waals surface area (Å²) in [4.78, 5) is 0. The Hall–Kier alpha value is -1.42. The first-order valence-corrected chi connectivity index (χ1v) is 7.67. The molecule has 0 amide bonds. The summed E-state index contributed by atoms with van der Waals surface area (Å²) in [6.45, 7) is 0.924. The molecule has 1 saturated carbocycles. The standard InChI is InChI=1S/C17H24O4/c1-18-14-8-11(9-15(19-2)17(14)20-3)7-13-10-12-5-4-6-21-16(12)13/h8-9,12-13,16H,4-7,10H2,1-3H3/t12-,13?,16-/m1/s1. The smallest absolute Gasteiger partial charge is 0.203 e. The van der Waals surface area contributed by atoms with Gasteiger partial charge in [-0.2, -0.15) is 0 Å². The van der Waals surface area contributed by atoms with Crippen molar-refractivity contribution in [2.75, 3.05) is 27.9 Å². The fourth-order valence-electron chi connectivity index (χ4n) is 3.72. The molecule has 3 rings (SSSR count). The van der Waals surface area contributed by atoms with Crippen molar-refractivity contribution in [3.8, 4) is 17.2 Å². The van der Waals surface area contributed by atoms with E-state index in [1.165, 1.54) is 24.8 Å². The largest absolute Gasteiger partial charge is 0.493 e. The van der Waals surface area contributed by atoms with Crippen molar-refractivity contribution in [3.05, 3.63) is 17.7 Å². The zero-order valence-corrected chi connectivity index (χ0v) is 13.1. The topological polar surface area (TPSA) is 36.9 Å². The van der Waals surface area contributed by atoms with E-state index in [-0.39, 0.29) is 0 Å². The highest BCUT2D eigenvalue weighted by atomic mass is 16.5. The first kappa shape index (κ1) is 14.5. The normalized spacial score (nSPS) is 27.5. The number of methoxy groups -OCH3 is 3. The van der Waals surface area contributed by atoms with Gasteiger partial charge in [-0.1, -0.05) is 0 Å². The first-order valence-electron chi connectivity index (χ1n) is 7.67. The van der Waals surface area contributed by atoms with Crippen LogP contribution in [-0.4, -0.2) is 34.0 Å². The summed E-state index contributed by atoms with van der Waals surface area (Å²) in [5.74, 6) is 3.52. The maximum atomic E-state index is 5.93. The fraction of sp³-hybridized carbons (Fsp3) is 0.647. The van der Waals surface area contributed by atoms with Gasteiger partial charge in [0.05, 0.1) is 27.4 Å². The maximum absolute atomic E-state index is 5.93. The first-order chi connectivity index (χ1) is 10.3. The van der Waals surface area contributed by atoms with Crippen molar-refractivity contribution < 1.29 is 18.9 Å². The van der Waals surface area contributed by atoms with Crippen molar-refractivity contribution in [3.63, 3.8) is 0 Å². The molecular weight excluding hydrogens is 268 g/mol. The Kier molecular flexibility index (Phi) is 4.24. The molecule has 1 unspecified atom stereocenters. The van der Waals surface area contributed by atoms with Crippen LogP contribution in [0.3, 0.4) is 0 Å². The Morgan fingerprint density at radius 1 is 1.10 bits per heavy atom. The van der Waals surface area contributed by atoms with Gasteiger partial charge in [-0.25, -0.2) is 0 Å². The Morgan fingerprint density at radius 2 is 1.81 bits per heavy atom. The van der Waals surface area contributed by atoms with Crippen LogP contribution in [0, 0.1) is 11.8 Å². The molecule has 1 heterocycles. The molecule has 0 N–H and O–H groups in total. The molecular formula is C17H24O4. The summed E-state index contributed by atoms with van der Waals surface area (Å²) in [5.41, 5.74) is 1.22. The van der Waals surface area contributed by atoms with Crippen molar-refractivity contribution in [2.45, 2.75) is 31.8 Å². The van der Waals surface area contributed by atoms with E-state index in [9.17, 15) is 0 Å². The highest BCUT2D eigenvalue weighted by Gasteiger charge is 2.43. The Bertz CT molecular complexity index is 475. The van der Waals surface area contributed by atoms with E-state index in [1.807, 2.05) is 0 Å². The molecule has 1 aromatic rings. The second-order valence-corrected chi connectivity index (χ2v) is 5.97. The van der Waals surface area contributed by atoms with Crippen molar-refractivity contribution in [2.24, 2.45) is 11.8 Å². The summed E-state index contributed by atoms with van der Waals surface area (Å²) in [6.07, 6.45) is 5.30. The van der Waals surface area contributed by atoms with Crippen LogP contribution in [0.25, 0.3) is 0 Å². The second-order valence-electron chi connectivity index (χ2n) is 5.97. The average Bonchev–Trinajstić information content (AvgIpc) is 2.51. The quantitative estimate of drug-likeness (QED) is 0.836. The van der Waals surface area contributed by atoms with Crippen LogP contribution in [0.4, 0.5) is 0 Å². The molecule has 1 aliphatic carbocycles. The summed E-state index contributed by atoms with van der Waals surface area (Å²) in [6, 6.07) is 4.11. The van der Waals surface area contributed by atoms with Gasteiger partial charge < -0.3 is 18.9 Å². The molecule has 2 fully saturated rings. The summed E-state index contributed by atoms with van der Waals surface area (Å²) < 4.78 is 22.1. The van der Waals surface area contributed by atoms with Crippen LogP contribution < -0.4 is 14.2 Å². The lowest BCUT2D eigenvalue weighted by Gasteiger charge is -2.47. The lowest BCUT2D eigenvalue weighted by atomic mass is 9.66. The summed E-state index contributed by atoms with van der Waals surface area (Å²) in [5, 5.41) is 0. The highest BCUT2D eigenvalue weighted by molar-refractivity contribution is 5.54. The van der Waals surface area contributed by atoms with Gasteiger partial charge in [0, 0.05) is 6.61 Å². The third-order valence-corrected chi connectivity index (χ3v) is 4.79. The highest BCUT2D eigenvalue weighted by Crippen LogP contribution is 2.45. The minimum Gasteiger partial charge on any atom is -0.493 e. The van der Waals surface area contributed by atoms with E-state index >= 15 is 0 Å². The third kappa shape index (κ3) is 2.69. The van der Waals surface area contributed by atoms with E-state index in [2.05, 4.69) is 12.1 Å². The van der Waals surface area contributed by atoms with Crippen LogP contribution in [0.2, 0.25) is 0 Å². The van der Waals surface area contributed by atoms with Gasteiger partial charge in [0.25, 0.3) is 0 Å². The van der Waals surface area contributed by atoms with E-state index in [1.54, 1.807) is 21.3 Å². The fourth-order valence-corrected chi connectivity index (χ4v) is 3.72. The van der Waals surface area contributed by atoms with E-state index in [0.717, 1.165) is 30.4 Å². The van der Waals surface area contributed by atoms with Crippen molar-refractivity contribution in [1.29, 1.82) is 0 Å². The summed E-state index contributed by atoms with van der Waals surface area (Å²) in [7, 11) is 4.95. The molecule has 4 heteroatoms. The van der Waals surface area contributed by atoms with Crippen LogP contribution >= 0.6 is 0 Å². The average molecular weight is 292 g/mol. The predicted octanol–water partition coefficient (Wildman–Crippen LogP) is 3.07. The minimum atomic E-state index is 0.456. The second kappa shape index (κ2) is 6.14. The molecule has 2 aliphatic rings. The number of ether oxygens (including phenoxy) is 4. The van der Waals surface area contributed by atoms with E-state index in [4.69, 9.17) is 18.9 Å². The minimum absolute atomic E-state index is 0.456. The number of hydrogen-bond donors (Lipinski definition) is 0. The van der Waals surface area contributed by atoms with Crippen LogP contribution in [0.15, 0.2) is 12.1 Å². The molecule has 1 aliphatic heterocycles. The number of fused-ring (bicyclic) bond motifs is 1. The van der Waals surface area contributed by atoms with E-state index in [0.29, 0.717) is 17.8 Å². The lowest BCUT2D eigenvalue weighted by Crippen LogP contribution is -2.47. The molecule has 0 aromatic heterocycles.